The van der Waals surface area contributed by atoms with Crippen LogP contribution in [0.1, 0.15) is 18.5 Å². The first-order chi connectivity index (χ1) is 16.9. The van der Waals surface area contributed by atoms with Crippen molar-refractivity contribution in [3.63, 3.8) is 0 Å². The van der Waals surface area contributed by atoms with Gasteiger partial charge in [0.15, 0.2) is 5.82 Å². The second-order valence-electron chi connectivity index (χ2n) is 8.46. The number of carbonyl (C=O) groups is 1. The SMILES string of the molecule is CC1=C(C(=O)Nc2cccnc2)C(c2cccc(Br)c2)n2nc(-c3ccc(N(C)C)cc3)nc2N1. The van der Waals surface area contributed by atoms with E-state index in [1.54, 1.807) is 23.1 Å². The molecule has 2 N–H and O–H groups in total. The van der Waals surface area contributed by atoms with Gasteiger partial charge in [0.05, 0.1) is 17.5 Å². The quantitative estimate of drug-likeness (QED) is 0.374. The number of hydrogen-bond acceptors (Lipinski definition) is 6. The number of aromatic nitrogens is 4. The molecule has 1 amide bonds. The third-order valence-corrected chi connectivity index (χ3v) is 6.32. The molecule has 1 unspecified atom stereocenters. The molecule has 1 aliphatic rings. The Labute approximate surface area is 211 Å². The molecule has 2 aromatic carbocycles. The first-order valence-corrected chi connectivity index (χ1v) is 11.9. The van der Waals surface area contributed by atoms with Crippen LogP contribution in [0.15, 0.2) is 88.8 Å². The lowest BCUT2D eigenvalue weighted by atomic mass is 9.95. The van der Waals surface area contributed by atoms with Gasteiger partial charge in [0.1, 0.15) is 6.04 Å². The molecule has 4 aromatic rings. The summed E-state index contributed by atoms with van der Waals surface area (Å²) in [6, 6.07) is 19.1. The number of nitrogens with zero attached hydrogens (tertiary/aromatic N) is 5. The Morgan fingerprint density at radius 2 is 1.91 bits per heavy atom. The first kappa shape index (κ1) is 22.8. The third kappa shape index (κ3) is 4.54. The molecule has 35 heavy (non-hydrogen) atoms. The summed E-state index contributed by atoms with van der Waals surface area (Å²) in [5.41, 5.74) is 4.79. The van der Waals surface area contributed by atoms with Crippen LogP contribution in [0.3, 0.4) is 0 Å². The van der Waals surface area contributed by atoms with E-state index in [9.17, 15) is 4.79 Å². The van der Waals surface area contributed by atoms with E-state index in [1.165, 1.54) is 0 Å². The van der Waals surface area contributed by atoms with Crippen LogP contribution in [0.25, 0.3) is 11.4 Å². The van der Waals surface area contributed by atoms with Crippen LogP contribution in [0.2, 0.25) is 0 Å². The smallest absolute Gasteiger partial charge is 0.255 e. The lowest BCUT2D eigenvalue weighted by molar-refractivity contribution is -0.113. The Morgan fingerprint density at radius 3 is 2.60 bits per heavy atom. The number of anilines is 3. The zero-order valence-corrected chi connectivity index (χ0v) is 21.1. The number of allylic oxidation sites excluding steroid dienone is 1. The molecule has 176 valence electrons. The van der Waals surface area contributed by atoms with Gasteiger partial charge in [0.25, 0.3) is 5.91 Å². The number of hydrogen-bond donors (Lipinski definition) is 2. The Hall–Kier alpha value is -3.98. The van der Waals surface area contributed by atoms with Crippen molar-refractivity contribution in [3.8, 4) is 11.4 Å². The molecule has 2 aromatic heterocycles. The van der Waals surface area contributed by atoms with Gasteiger partial charge in [-0.25, -0.2) is 4.68 Å². The summed E-state index contributed by atoms with van der Waals surface area (Å²) in [5, 5.41) is 11.1. The van der Waals surface area contributed by atoms with Crippen LogP contribution in [0, 0.1) is 0 Å². The van der Waals surface area contributed by atoms with Gasteiger partial charge >= 0.3 is 0 Å². The van der Waals surface area contributed by atoms with Gasteiger partial charge in [-0.2, -0.15) is 4.98 Å². The molecule has 9 heteroatoms. The molecule has 8 nitrogen and oxygen atoms in total. The van der Waals surface area contributed by atoms with Crippen molar-refractivity contribution in [2.45, 2.75) is 13.0 Å². The monoisotopic (exact) mass is 529 g/mol. The van der Waals surface area contributed by atoms with E-state index in [-0.39, 0.29) is 5.91 Å². The van der Waals surface area contributed by atoms with Gasteiger partial charge in [0.2, 0.25) is 5.95 Å². The fraction of sp³-hybridized carbons (Fsp3) is 0.154. The summed E-state index contributed by atoms with van der Waals surface area (Å²) < 4.78 is 2.70. The highest BCUT2D eigenvalue weighted by molar-refractivity contribution is 9.10. The molecular weight excluding hydrogens is 506 g/mol. The van der Waals surface area contributed by atoms with Crippen molar-refractivity contribution in [2.75, 3.05) is 29.6 Å². The molecule has 3 heterocycles. The molecule has 1 atom stereocenters. The van der Waals surface area contributed by atoms with E-state index in [2.05, 4.69) is 31.5 Å². The number of pyridine rings is 1. The van der Waals surface area contributed by atoms with E-state index in [0.29, 0.717) is 28.7 Å². The lowest BCUT2D eigenvalue weighted by Gasteiger charge is -2.28. The minimum atomic E-state index is -0.470. The lowest BCUT2D eigenvalue weighted by Crippen LogP contribution is -2.31. The molecule has 0 radical (unpaired) electrons. The number of rotatable bonds is 5. The fourth-order valence-corrected chi connectivity index (χ4v) is 4.51. The van der Waals surface area contributed by atoms with Crippen molar-refractivity contribution < 1.29 is 4.79 Å². The molecule has 0 spiro atoms. The number of amides is 1. The summed E-state index contributed by atoms with van der Waals surface area (Å²) >= 11 is 3.57. The van der Waals surface area contributed by atoms with Gasteiger partial charge in [0, 0.05) is 41.7 Å². The average Bonchev–Trinajstić information content (AvgIpc) is 3.27. The highest BCUT2D eigenvalue weighted by atomic mass is 79.9. The van der Waals surface area contributed by atoms with E-state index in [1.807, 2.05) is 80.5 Å². The maximum atomic E-state index is 13.5. The predicted octanol–water partition coefficient (Wildman–Crippen LogP) is 5.10. The zero-order chi connectivity index (χ0) is 24.5. The Balaban J connectivity index is 1.58. The minimum Gasteiger partial charge on any atom is -0.378 e. The minimum absolute atomic E-state index is 0.231. The number of carbonyl (C=O) groups excluding carboxylic acids is 1. The predicted molar refractivity (Wildman–Crippen MR) is 141 cm³/mol. The van der Waals surface area contributed by atoms with Crippen molar-refractivity contribution in [1.82, 2.24) is 19.7 Å². The Morgan fingerprint density at radius 1 is 1.11 bits per heavy atom. The number of benzene rings is 2. The molecule has 1 aliphatic heterocycles. The Kier molecular flexibility index (Phi) is 6.08. The van der Waals surface area contributed by atoms with E-state index in [0.717, 1.165) is 21.3 Å². The van der Waals surface area contributed by atoms with Crippen molar-refractivity contribution in [3.05, 3.63) is 94.4 Å². The summed E-state index contributed by atoms with van der Waals surface area (Å²) in [6.07, 6.45) is 3.29. The number of halogens is 1. The third-order valence-electron chi connectivity index (χ3n) is 5.82. The molecule has 0 saturated carbocycles. The summed E-state index contributed by atoms with van der Waals surface area (Å²) in [6.45, 7) is 1.88. The van der Waals surface area contributed by atoms with E-state index >= 15 is 0 Å². The highest BCUT2D eigenvalue weighted by Crippen LogP contribution is 2.37. The van der Waals surface area contributed by atoms with Crippen LogP contribution in [-0.2, 0) is 4.79 Å². The number of nitrogens with one attached hydrogen (secondary N) is 2. The van der Waals surface area contributed by atoms with Gasteiger partial charge in [-0.1, -0.05) is 28.1 Å². The first-order valence-electron chi connectivity index (χ1n) is 11.1. The van der Waals surface area contributed by atoms with Crippen LogP contribution in [-0.4, -0.2) is 39.8 Å². The molecule has 0 saturated heterocycles. The Bertz CT molecular complexity index is 1410. The molecule has 0 bridgehead atoms. The van der Waals surface area contributed by atoms with Gasteiger partial charge in [-0.05, 0) is 61.0 Å². The molecule has 0 aliphatic carbocycles. The van der Waals surface area contributed by atoms with Gasteiger partial charge in [-0.3, -0.25) is 9.78 Å². The van der Waals surface area contributed by atoms with Crippen LogP contribution < -0.4 is 15.5 Å². The molecule has 5 rings (SSSR count). The fourth-order valence-electron chi connectivity index (χ4n) is 4.10. The largest absolute Gasteiger partial charge is 0.378 e. The highest BCUT2D eigenvalue weighted by Gasteiger charge is 2.34. The van der Waals surface area contributed by atoms with Crippen molar-refractivity contribution >= 4 is 39.2 Å². The average molecular weight is 530 g/mol. The standard InChI is InChI=1S/C26H24BrN7O/c1-16-22(25(35)30-20-8-5-13-28-15-20)23(18-6-4-7-19(27)14-18)34-26(29-16)31-24(32-34)17-9-11-21(12-10-17)33(2)3/h4-15,23H,1-3H3,(H,30,35)(H,29,31,32). The van der Waals surface area contributed by atoms with Gasteiger partial charge in [-0.15, -0.1) is 5.10 Å². The maximum absolute atomic E-state index is 13.5. The van der Waals surface area contributed by atoms with E-state index in [4.69, 9.17) is 10.1 Å². The number of fused-ring (bicyclic) bond motifs is 1. The van der Waals surface area contributed by atoms with Crippen molar-refractivity contribution in [1.29, 1.82) is 0 Å². The molecular formula is C26H24BrN7O. The summed E-state index contributed by atoms with van der Waals surface area (Å²) in [7, 11) is 4.00. The van der Waals surface area contributed by atoms with Crippen LogP contribution in [0.5, 0.6) is 0 Å². The molecule has 0 fully saturated rings. The normalized spacial score (nSPS) is 14.8. The summed E-state index contributed by atoms with van der Waals surface area (Å²) in [5.74, 6) is 0.933. The van der Waals surface area contributed by atoms with Gasteiger partial charge < -0.3 is 15.5 Å². The topological polar surface area (TPSA) is 88.0 Å². The second-order valence-corrected chi connectivity index (χ2v) is 9.38. The second kappa shape index (κ2) is 9.34. The zero-order valence-electron chi connectivity index (χ0n) is 19.5. The van der Waals surface area contributed by atoms with E-state index < -0.39 is 6.04 Å². The summed E-state index contributed by atoms with van der Waals surface area (Å²) in [4.78, 5) is 24.4. The van der Waals surface area contributed by atoms with Crippen LogP contribution in [0.4, 0.5) is 17.3 Å². The van der Waals surface area contributed by atoms with Crippen molar-refractivity contribution in [2.24, 2.45) is 0 Å². The van der Waals surface area contributed by atoms with Crippen LogP contribution >= 0.6 is 15.9 Å². The maximum Gasteiger partial charge on any atom is 0.255 e.